The molecule has 1 atom stereocenters. The van der Waals surface area contributed by atoms with Crippen LogP contribution in [-0.4, -0.2) is 16.5 Å². The number of aliphatic hydroxyl groups is 1. The third-order valence-electron chi connectivity index (χ3n) is 1.51. The van der Waals surface area contributed by atoms with Crippen LogP contribution in [0.5, 0.6) is 0 Å². The normalized spacial score (nSPS) is 17.2. The number of Topliss-reactive ketones (excluding diaryl/α,β-unsaturated/α-hetero) is 1. The molecule has 0 aromatic rings. The van der Waals surface area contributed by atoms with Crippen molar-refractivity contribution < 1.29 is 9.90 Å². The van der Waals surface area contributed by atoms with Crippen molar-refractivity contribution in [2.45, 2.75) is 32.8 Å². The topological polar surface area (TPSA) is 37.3 Å². The van der Waals surface area contributed by atoms with Gasteiger partial charge in [0.05, 0.1) is 0 Å². The van der Waals surface area contributed by atoms with Gasteiger partial charge in [-0.3, -0.25) is 4.79 Å². The highest BCUT2D eigenvalue weighted by atomic mass is 16.3. The molecule has 0 amide bonds. The Kier molecular flexibility index (Phi) is 3.30. The zero-order valence-corrected chi connectivity index (χ0v) is 6.72. The average Bonchev–Trinajstić information content (AvgIpc) is 1.84. The predicted octanol–water partition coefficient (Wildman–Crippen LogP) is 1.29. The SMILES string of the molecule is CC=CCC(C)(O)C(C)=O. The van der Waals surface area contributed by atoms with Crippen LogP contribution in [0.3, 0.4) is 0 Å². The Hall–Kier alpha value is -0.630. The zero-order valence-electron chi connectivity index (χ0n) is 6.72. The van der Waals surface area contributed by atoms with Gasteiger partial charge in [-0.1, -0.05) is 12.2 Å². The highest BCUT2D eigenvalue weighted by Crippen LogP contribution is 2.10. The van der Waals surface area contributed by atoms with Crippen molar-refractivity contribution in [3.63, 3.8) is 0 Å². The predicted molar refractivity (Wildman–Crippen MR) is 40.7 cm³/mol. The van der Waals surface area contributed by atoms with E-state index in [-0.39, 0.29) is 5.78 Å². The minimum atomic E-state index is -1.17. The molecule has 0 aliphatic heterocycles. The lowest BCUT2D eigenvalue weighted by Crippen LogP contribution is -2.31. The van der Waals surface area contributed by atoms with E-state index < -0.39 is 5.60 Å². The standard InChI is InChI=1S/C8H14O2/c1-4-5-6-8(3,10)7(2)9/h4-5,10H,6H2,1-3H3. The summed E-state index contributed by atoms with van der Waals surface area (Å²) in [4.78, 5) is 10.7. The number of hydrogen-bond acceptors (Lipinski definition) is 2. The second-order valence-electron chi connectivity index (χ2n) is 2.60. The molecule has 0 aliphatic carbocycles. The number of ketones is 1. The smallest absolute Gasteiger partial charge is 0.161 e. The molecule has 0 aromatic carbocycles. The molecule has 0 saturated carbocycles. The fourth-order valence-electron chi connectivity index (χ4n) is 0.491. The van der Waals surface area contributed by atoms with Crippen LogP contribution < -0.4 is 0 Å². The molecule has 0 fully saturated rings. The third-order valence-corrected chi connectivity index (χ3v) is 1.51. The van der Waals surface area contributed by atoms with Gasteiger partial charge in [0.1, 0.15) is 5.60 Å². The van der Waals surface area contributed by atoms with Gasteiger partial charge in [0.15, 0.2) is 5.78 Å². The van der Waals surface area contributed by atoms with Crippen LogP contribution in [0.4, 0.5) is 0 Å². The zero-order chi connectivity index (χ0) is 8.20. The molecule has 1 unspecified atom stereocenters. The molecular formula is C8H14O2. The highest BCUT2D eigenvalue weighted by Gasteiger charge is 2.23. The molecule has 0 aliphatic rings. The number of hydrogen-bond donors (Lipinski definition) is 1. The van der Waals surface area contributed by atoms with E-state index in [4.69, 9.17) is 0 Å². The molecule has 0 spiro atoms. The summed E-state index contributed by atoms with van der Waals surface area (Å²) in [6, 6.07) is 0. The van der Waals surface area contributed by atoms with Crippen molar-refractivity contribution in [2.24, 2.45) is 0 Å². The second-order valence-corrected chi connectivity index (χ2v) is 2.60. The van der Waals surface area contributed by atoms with Crippen molar-refractivity contribution in [1.29, 1.82) is 0 Å². The van der Waals surface area contributed by atoms with Crippen molar-refractivity contribution in [3.05, 3.63) is 12.2 Å². The van der Waals surface area contributed by atoms with E-state index >= 15 is 0 Å². The van der Waals surface area contributed by atoms with Gasteiger partial charge in [0.2, 0.25) is 0 Å². The lowest BCUT2D eigenvalue weighted by atomic mass is 9.98. The van der Waals surface area contributed by atoms with Gasteiger partial charge in [-0.25, -0.2) is 0 Å². The van der Waals surface area contributed by atoms with Crippen LogP contribution in [-0.2, 0) is 4.79 Å². The van der Waals surface area contributed by atoms with E-state index in [1.807, 2.05) is 13.0 Å². The summed E-state index contributed by atoms with van der Waals surface area (Å²) in [5.41, 5.74) is -1.17. The molecule has 10 heavy (non-hydrogen) atoms. The Morgan fingerprint density at radius 3 is 2.50 bits per heavy atom. The first-order valence-electron chi connectivity index (χ1n) is 3.35. The molecule has 0 saturated heterocycles. The third kappa shape index (κ3) is 2.78. The number of rotatable bonds is 3. The molecule has 0 aromatic heterocycles. The molecule has 0 rings (SSSR count). The summed E-state index contributed by atoms with van der Waals surface area (Å²) in [7, 11) is 0. The van der Waals surface area contributed by atoms with Crippen molar-refractivity contribution in [2.75, 3.05) is 0 Å². The molecule has 0 radical (unpaired) electrons. The fraction of sp³-hybridized carbons (Fsp3) is 0.625. The lowest BCUT2D eigenvalue weighted by molar-refractivity contribution is -0.133. The second kappa shape index (κ2) is 3.52. The van der Waals surface area contributed by atoms with Crippen molar-refractivity contribution in [1.82, 2.24) is 0 Å². The Labute approximate surface area is 61.6 Å². The quantitative estimate of drug-likeness (QED) is 0.603. The van der Waals surface area contributed by atoms with Gasteiger partial charge in [-0.05, 0) is 20.8 Å². The number of carbonyl (C=O) groups excluding carboxylic acids is 1. The summed E-state index contributed by atoms with van der Waals surface area (Å²) in [5, 5.41) is 9.32. The van der Waals surface area contributed by atoms with Gasteiger partial charge in [-0.2, -0.15) is 0 Å². The maximum Gasteiger partial charge on any atom is 0.161 e. The molecule has 0 heterocycles. The molecule has 2 nitrogen and oxygen atoms in total. The monoisotopic (exact) mass is 142 g/mol. The van der Waals surface area contributed by atoms with E-state index in [0.29, 0.717) is 6.42 Å². The molecule has 2 heteroatoms. The summed E-state index contributed by atoms with van der Waals surface area (Å²) in [6.07, 6.45) is 4.00. The average molecular weight is 142 g/mol. The number of carbonyl (C=O) groups is 1. The van der Waals surface area contributed by atoms with E-state index in [9.17, 15) is 9.90 Å². The Balaban J connectivity index is 3.99. The lowest BCUT2D eigenvalue weighted by Gasteiger charge is -2.16. The van der Waals surface area contributed by atoms with Gasteiger partial charge >= 0.3 is 0 Å². The van der Waals surface area contributed by atoms with Gasteiger partial charge < -0.3 is 5.11 Å². The minimum Gasteiger partial charge on any atom is -0.382 e. The van der Waals surface area contributed by atoms with Crippen molar-refractivity contribution >= 4 is 5.78 Å². The Morgan fingerprint density at radius 2 is 2.20 bits per heavy atom. The van der Waals surface area contributed by atoms with Crippen LogP contribution in [0.2, 0.25) is 0 Å². The maximum absolute atomic E-state index is 10.7. The van der Waals surface area contributed by atoms with E-state index in [2.05, 4.69) is 0 Å². The van der Waals surface area contributed by atoms with E-state index in [1.54, 1.807) is 6.08 Å². The first kappa shape index (κ1) is 9.37. The molecular weight excluding hydrogens is 128 g/mol. The summed E-state index contributed by atoms with van der Waals surface area (Å²) >= 11 is 0. The van der Waals surface area contributed by atoms with Crippen molar-refractivity contribution in [3.8, 4) is 0 Å². The van der Waals surface area contributed by atoms with Gasteiger partial charge in [0, 0.05) is 6.42 Å². The van der Waals surface area contributed by atoms with Crippen LogP contribution in [0.25, 0.3) is 0 Å². The largest absolute Gasteiger partial charge is 0.382 e. The number of allylic oxidation sites excluding steroid dienone is 1. The summed E-state index contributed by atoms with van der Waals surface area (Å²) < 4.78 is 0. The van der Waals surface area contributed by atoms with Crippen LogP contribution in [0.15, 0.2) is 12.2 Å². The first-order valence-corrected chi connectivity index (χ1v) is 3.35. The summed E-state index contributed by atoms with van der Waals surface area (Å²) in [6.45, 7) is 4.77. The molecule has 58 valence electrons. The van der Waals surface area contributed by atoms with Gasteiger partial charge in [-0.15, -0.1) is 0 Å². The van der Waals surface area contributed by atoms with Crippen LogP contribution in [0.1, 0.15) is 27.2 Å². The van der Waals surface area contributed by atoms with Gasteiger partial charge in [0.25, 0.3) is 0 Å². The Morgan fingerprint density at radius 1 is 1.70 bits per heavy atom. The molecule has 0 bridgehead atoms. The van der Waals surface area contributed by atoms with Crippen LogP contribution >= 0.6 is 0 Å². The van der Waals surface area contributed by atoms with E-state index in [0.717, 1.165) is 0 Å². The molecule has 1 N–H and O–H groups in total. The Bertz CT molecular complexity index is 145. The first-order chi connectivity index (χ1) is 4.50. The maximum atomic E-state index is 10.7. The van der Waals surface area contributed by atoms with E-state index in [1.165, 1.54) is 13.8 Å². The minimum absolute atomic E-state index is 0.189. The highest BCUT2D eigenvalue weighted by molar-refractivity contribution is 5.84. The fourth-order valence-corrected chi connectivity index (χ4v) is 0.491. The van der Waals surface area contributed by atoms with Crippen LogP contribution in [0, 0.1) is 0 Å². The summed E-state index contributed by atoms with van der Waals surface area (Å²) in [5.74, 6) is -0.189.